The molecule has 0 aliphatic rings. The third-order valence-electron chi connectivity index (χ3n) is 3.44. The molecule has 2 aromatic carbocycles. The minimum atomic E-state index is -0.561. The largest absolute Gasteiger partial charge is 0.366 e. The minimum absolute atomic E-state index is 0.320. The van der Waals surface area contributed by atoms with E-state index in [0.29, 0.717) is 23.4 Å². The lowest BCUT2D eigenvalue weighted by Gasteiger charge is -2.15. The number of nitrogens with zero attached hydrogens (tertiary/aromatic N) is 1. The Balaban J connectivity index is 2.18. The van der Waals surface area contributed by atoms with Crippen LogP contribution in [0.15, 0.2) is 48.5 Å². The predicted octanol–water partition coefficient (Wildman–Crippen LogP) is 2.64. The standard InChI is InChI=1S/C19H20FN3O2/c1-23(2)12-15-7-6-14(19(21)25)11-17(15)22-18(24)10-5-13-3-8-16(20)9-4-13/h3-11H,12H2,1-2H3,(H2,21,25)(H,22,24)/b10-5+. The van der Waals surface area contributed by atoms with Crippen molar-refractivity contribution in [1.29, 1.82) is 0 Å². The average molecular weight is 341 g/mol. The van der Waals surface area contributed by atoms with Crippen LogP contribution in [0.1, 0.15) is 21.5 Å². The fourth-order valence-corrected chi connectivity index (χ4v) is 2.24. The molecule has 2 aromatic rings. The summed E-state index contributed by atoms with van der Waals surface area (Å²) in [5.74, 6) is -1.25. The number of carbonyl (C=O) groups is 2. The Labute approximate surface area is 145 Å². The normalized spacial score (nSPS) is 11.0. The molecule has 0 heterocycles. The van der Waals surface area contributed by atoms with Crippen molar-refractivity contribution >= 4 is 23.6 Å². The smallest absolute Gasteiger partial charge is 0.248 e. The maximum Gasteiger partial charge on any atom is 0.248 e. The molecule has 2 amide bonds. The molecule has 0 bridgehead atoms. The molecular formula is C19H20FN3O2. The lowest BCUT2D eigenvalue weighted by molar-refractivity contribution is -0.111. The van der Waals surface area contributed by atoms with Crippen molar-refractivity contribution in [3.05, 3.63) is 71.0 Å². The van der Waals surface area contributed by atoms with Crippen LogP contribution in [0.5, 0.6) is 0 Å². The van der Waals surface area contributed by atoms with E-state index in [-0.39, 0.29) is 11.7 Å². The van der Waals surface area contributed by atoms with Gasteiger partial charge in [0.05, 0.1) is 0 Å². The number of benzene rings is 2. The van der Waals surface area contributed by atoms with E-state index < -0.39 is 5.91 Å². The average Bonchev–Trinajstić information content (AvgIpc) is 2.55. The first-order valence-electron chi connectivity index (χ1n) is 7.67. The SMILES string of the molecule is CN(C)Cc1ccc(C(N)=O)cc1NC(=O)/C=C/c1ccc(F)cc1. The summed E-state index contributed by atoms with van der Waals surface area (Å²) >= 11 is 0. The molecule has 25 heavy (non-hydrogen) atoms. The third kappa shape index (κ3) is 5.54. The first kappa shape index (κ1) is 18.4. The highest BCUT2D eigenvalue weighted by Gasteiger charge is 2.10. The van der Waals surface area contributed by atoms with E-state index in [0.717, 1.165) is 5.56 Å². The van der Waals surface area contributed by atoms with Gasteiger partial charge in [0.15, 0.2) is 0 Å². The first-order chi connectivity index (χ1) is 11.8. The quantitative estimate of drug-likeness (QED) is 0.793. The molecule has 0 aliphatic heterocycles. The molecule has 0 radical (unpaired) electrons. The van der Waals surface area contributed by atoms with Crippen molar-refractivity contribution < 1.29 is 14.0 Å². The number of nitrogens with two attached hydrogens (primary N) is 1. The Hall–Kier alpha value is -2.99. The molecular weight excluding hydrogens is 321 g/mol. The van der Waals surface area contributed by atoms with Gasteiger partial charge in [-0.25, -0.2) is 4.39 Å². The number of nitrogens with one attached hydrogen (secondary N) is 1. The number of halogens is 1. The number of primary amides is 1. The van der Waals surface area contributed by atoms with Crippen LogP contribution in [0.2, 0.25) is 0 Å². The van der Waals surface area contributed by atoms with Gasteiger partial charge in [0.25, 0.3) is 0 Å². The zero-order valence-corrected chi connectivity index (χ0v) is 14.1. The van der Waals surface area contributed by atoms with Crippen LogP contribution in [-0.4, -0.2) is 30.8 Å². The van der Waals surface area contributed by atoms with Crippen LogP contribution in [-0.2, 0) is 11.3 Å². The Kier molecular flexibility index (Phi) is 6.03. The lowest BCUT2D eigenvalue weighted by atomic mass is 10.1. The topological polar surface area (TPSA) is 75.4 Å². The van der Waals surface area contributed by atoms with Crippen LogP contribution in [0.25, 0.3) is 6.08 Å². The first-order valence-corrected chi connectivity index (χ1v) is 7.67. The molecule has 0 atom stereocenters. The van der Waals surface area contributed by atoms with Gasteiger partial charge in [-0.2, -0.15) is 0 Å². The summed E-state index contributed by atoms with van der Waals surface area (Å²) in [6, 6.07) is 10.7. The number of hydrogen-bond donors (Lipinski definition) is 2. The summed E-state index contributed by atoms with van der Waals surface area (Å²) in [5.41, 5.74) is 7.72. The summed E-state index contributed by atoms with van der Waals surface area (Å²) in [6.07, 6.45) is 2.93. The highest BCUT2D eigenvalue weighted by Crippen LogP contribution is 2.19. The fraction of sp³-hybridized carbons (Fsp3) is 0.158. The molecule has 5 nitrogen and oxygen atoms in total. The molecule has 0 fully saturated rings. The number of anilines is 1. The molecule has 3 N–H and O–H groups in total. The number of carbonyl (C=O) groups excluding carboxylic acids is 2. The lowest BCUT2D eigenvalue weighted by Crippen LogP contribution is -2.17. The van der Waals surface area contributed by atoms with Crippen LogP contribution in [0.4, 0.5) is 10.1 Å². The molecule has 0 saturated heterocycles. The summed E-state index contributed by atoms with van der Waals surface area (Å²) in [4.78, 5) is 25.5. The number of hydrogen-bond acceptors (Lipinski definition) is 3. The van der Waals surface area contributed by atoms with E-state index in [1.54, 1.807) is 36.4 Å². The van der Waals surface area contributed by atoms with Gasteiger partial charge in [-0.05, 0) is 55.6 Å². The maximum absolute atomic E-state index is 12.9. The van der Waals surface area contributed by atoms with Gasteiger partial charge in [-0.1, -0.05) is 18.2 Å². The highest BCUT2D eigenvalue weighted by molar-refractivity contribution is 6.03. The molecule has 6 heteroatoms. The summed E-state index contributed by atoms with van der Waals surface area (Å²) in [6.45, 7) is 0.594. The Morgan fingerprint density at radius 1 is 1.16 bits per heavy atom. The second-order valence-corrected chi connectivity index (χ2v) is 5.85. The molecule has 130 valence electrons. The Bertz CT molecular complexity index is 799. The molecule has 2 rings (SSSR count). The fourth-order valence-electron chi connectivity index (χ4n) is 2.24. The van der Waals surface area contributed by atoms with Crippen molar-refractivity contribution in [3.63, 3.8) is 0 Å². The van der Waals surface area contributed by atoms with Gasteiger partial charge in [-0.3, -0.25) is 9.59 Å². The molecule has 0 spiro atoms. The van der Waals surface area contributed by atoms with Crippen LogP contribution in [0.3, 0.4) is 0 Å². The zero-order valence-electron chi connectivity index (χ0n) is 14.1. The van der Waals surface area contributed by atoms with E-state index in [4.69, 9.17) is 5.73 Å². The van der Waals surface area contributed by atoms with Crippen LogP contribution >= 0.6 is 0 Å². The van der Waals surface area contributed by atoms with E-state index in [2.05, 4.69) is 5.32 Å². The third-order valence-corrected chi connectivity index (χ3v) is 3.44. The van der Waals surface area contributed by atoms with Crippen LogP contribution < -0.4 is 11.1 Å². The van der Waals surface area contributed by atoms with E-state index in [1.165, 1.54) is 18.2 Å². The van der Waals surface area contributed by atoms with E-state index in [1.807, 2.05) is 19.0 Å². The van der Waals surface area contributed by atoms with E-state index >= 15 is 0 Å². The Morgan fingerprint density at radius 3 is 2.44 bits per heavy atom. The van der Waals surface area contributed by atoms with Gasteiger partial charge in [0, 0.05) is 23.9 Å². The van der Waals surface area contributed by atoms with Gasteiger partial charge in [0.1, 0.15) is 5.82 Å². The van der Waals surface area contributed by atoms with E-state index in [9.17, 15) is 14.0 Å². The molecule has 0 aromatic heterocycles. The summed E-state index contributed by atoms with van der Waals surface area (Å²) in [5, 5.41) is 2.76. The van der Waals surface area contributed by atoms with Gasteiger partial charge in [-0.15, -0.1) is 0 Å². The van der Waals surface area contributed by atoms with Crippen molar-refractivity contribution in [1.82, 2.24) is 4.90 Å². The second-order valence-electron chi connectivity index (χ2n) is 5.85. The number of rotatable bonds is 6. The number of amides is 2. The van der Waals surface area contributed by atoms with Crippen LogP contribution in [0, 0.1) is 5.82 Å². The van der Waals surface area contributed by atoms with Gasteiger partial charge >= 0.3 is 0 Å². The highest BCUT2D eigenvalue weighted by atomic mass is 19.1. The summed E-state index contributed by atoms with van der Waals surface area (Å²) in [7, 11) is 3.81. The van der Waals surface area contributed by atoms with Gasteiger partial charge < -0.3 is 16.0 Å². The van der Waals surface area contributed by atoms with Crippen molar-refractivity contribution in [2.75, 3.05) is 19.4 Å². The summed E-state index contributed by atoms with van der Waals surface area (Å²) < 4.78 is 12.9. The van der Waals surface area contributed by atoms with Crippen molar-refractivity contribution in [3.8, 4) is 0 Å². The maximum atomic E-state index is 12.9. The van der Waals surface area contributed by atoms with Crippen molar-refractivity contribution in [2.24, 2.45) is 5.73 Å². The molecule has 0 aliphatic carbocycles. The second kappa shape index (κ2) is 8.21. The molecule has 0 saturated carbocycles. The monoisotopic (exact) mass is 341 g/mol. The zero-order chi connectivity index (χ0) is 18.4. The Morgan fingerprint density at radius 2 is 1.84 bits per heavy atom. The van der Waals surface area contributed by atoms with Gasteiger partial charge in [0.2, 0.25) is 11.8 Å². The molecule has 0 unspecified atom stereocenters. The predicted molar refractivity (Wildman–Crippen MR) is 96.4 cm³/mol. The minimum Gasteiger partial charge on any atom is -0.366 e. The van der Waals surface area contributed by atoms with Crippen molar-refractivity contribution in [2.45, 2.75) is 6.54 Å².